The molecule has 4 rings (SSSR count). The molecular formula is C35H46ClNO6. The van der Waals surface area contributed by atoms with Gasteiger partial charge in [0.15, 0.2) is 0 Å². The SMILES string of the molecule is C=CCCCCCN1C[C@@]2(CCCc3cc(Cl)ccc32)COc2ccc([C@@](O)(C(=O)OC)[C@@H](C)C(=O)OC(C)(C)C)cc21. The standard InChI is InChI=1S/C35H46ClNO6/c1-7-8-9-10-11-19-37-22-34(18-12-13-25-20-27(36)15-16-28(25)34)23-42-30-17-14-26(21-29(30)37)35(40,32(39)41-6)24(2)31(38)43-33(3,4)5/h7,14-17,20-21,24,40H,1,8-13,18-19,22-23H2,2-6H3/t24-,34-,35+/m0/s1. The first-order valence-corrected chi connectivity index (χ1v) is 15.7. The zero-order chi connectivity index (χ0) is 31.4. The van der Waals surface area contributed by atoms with Crippen molar-refractivity contribution in [2.45, 2.75) is 89.3 Å². The van der Waals surface area contributed by atoms with Crippen LogP contribution in [-0.4, -0.2) is 49.5 Å². The van der Waals surface area contributed by atoms with E-state index in [2.05, 4.69) is 23.6 Å². The molecule has 8 heteroatoms. The summed E-state index contributed by atoms with van der Waals surface area (Å²) in [6.45, 7) is 12.5. The quantitative estimate of drug-likeness (QED) is 0.178. The summed E-state index contributed by atoms with van der Waals surface area (Å²) in [6.07, 6.45) is 8.94. The number of hydrogen-bond acceptors (Lipinski definition) is 7. The van der Waals surface area contributed by atoms with Crippen molar-refractivity contribution < 1.29 is 28.9 Å². The maximum atomic E-state index is 13.2. The Balaban J connectivity index is 1.77. The molecule has 0 radical (unpaired) electrons. The highest BCUT2D eigenvalue weighted by molar-refractivity contribution is 6.30. The van der Waals surface area contributed by atoms with Crippen molar-refractivity contribution in [2.75, 3.05) is 31.7 Å². The minimum atomic E-state index is -2.26. The van der Waals surface area contributed by atoms with Crippen LogP contribution in [0, 0.1) is 5.92 Å². The fourth-order valence-corrected chi connectivity index (χ4v) is 6.61. The van der Waals surface area contributed by atoms with Gasteiger partial charge in [-0.25, -0.2) is 4.79 Å². The number of ether oxygens (including phenoxy) is 3. The van der Waals surface area contributed by atoms with Gasteiger partial charge in [0.1, 0.15) is 11.4 Å². The number of halogens is 1. The largest absolute Gasteiger partial charge is 0.490 e. The van der Waals surface area contributed by atoms with E-state index < -0.39 is 29.1 Å². The number of benzene rings is 2. The maximum Gasteiger partial charge on any atom is 0.343 e. The predicted octanol–water partition coefficient (Wildman–Crippen LogP) is 6.90. The number of carbonyl (C=O) groups is 2. The van der Waals surface area contributed by atoms with E-state index in [-0.39, 0.29) is 11.0 Å². The number of aryl methyl sites for hydroxylation is 1. The number of rotatable bonds is 10. The summed E-state index contributed by atoms with van der Waals surface area (Å²) >= 11 is 6.39. The van der Waals surface area contributed by atoms with Gasteiger partial charge in [0.05, 0.1) is 25.3 Å². The van der Waals surface area contributed by atoms with Gasteiger partial charge in [0.25, 0.3) is 0 Å². The number of fused-ring (bicyclic) bond motifs is 3. The van der Waals surface area contributed by atoms with Crippen molar-refractivity contribution in [3.8, 4) is 5.75 Å². The molecule has 7 nitrogen and oxygen atoms in total. The van der Waals surface area contributed by atoms with Gasteiger partial charge in [-0.05, 0) is 107 Å². The fourth-order valence-electron chi connectivity index (χ4n) is 6.42. The van der Waals surface area contributed by atoms with Gasteiger partial charge >= 0.3 is 11.9 Å². The van der Waals surface area contributed by atoms with Crippen molar-refractivity contribution >= 4 is 29.2 Å². The van der Waals surface area contributed by atoms with E-state index in [0.29, 0.717) is 18.9 Å². The number of methoxy groups -OCH3 is 1. The number of nitrogens with zero attached hydrogens (tertiary/aromatic N) is 1. The molecule has 0 aromatic heterocycles. The zero-order valence-electron chi connectivity index (χ0n) is 26.2. The molecule has 1 heterocycles. The van der Waals surface area contributed by atoms with Crippen LogP contribution in [0.1, 0.15) is 82.9 Å². The summed E-state index contributed by atoms with van der Waals surface area (Å²) in [5.74, 6) is -2.17. The van der Waals surface area contributed by atoms with E-state index in [1.807, 2.05) is 12.1 Å². The molecule has 2 aliphatic rings. The number of aliphatic hydroxyl groups is 1. The summed E-state index contributed by atoms with van der Waals surface area (Å²) in [6, 6.07) is 11.4. The van der Waals surface area contributed by atoms with E-state index in [0.717, 1.165) is 62.2 Å². The van der Waals surface area contributed by atoms with Crippen molar-refractivity contribution in [2.24, 2.45) is 5.92 Å². The minimum absolute atomic E-state index is 0.249. The molecule has 43 heavy (non-hydrogen) atoms. The molecule has 234 valence electrons. The monoisotopic (exact) mass is 611 g/mol. The van der Waals surface area contributed by atoms with Crippen LogP contribution in [0.15, 0.2) is 49.1 Å². The van der Waals surface area contributed by atoms with E-state index in [9.17, 15) is 14.7 Å². The van der Waals surface area contributed by atoms with E-state index >= 15 is 0 Å². The fraction of sp³-hybridized carbons (Fsp3) is 0.543. The molecule has 0 amide bonds. The topological polar surface area (TPSA) is 85.3 Å². The lowest BCUT2D eigenvalue weighted by molar-refractivity contribution is -0.185. The second-order valence-electron chi connectivity index (χ2n) is 13.0. The molecular weight excluding hydrogens is 566 g/mol. The van der Waals surface area contributed by atoms with E-state index in [1.165, 1.54) is 25.2 Å². The highest BCUT2D eigenvalue weighted by Crippen LogP contribution is 2.46. The summed E-state index contributed by atoms with van der Waals surface area (Å²) in [5, 5.41) is 12.7. The Bertz CT molecular complexity index is 1340. The Morgan fingerprint density at radius 3 is 2.65 bits per heavy atom. The normalized spacial score (nSPS) is 20.1. The van der Waals surface area contributed by atoms with Crippen LogP contribution in [0.25, 0.3) is 0 Å². The van der Waals surface area contributed by atoms with Gasteiger partial charge in [-0.15, -0.1) is 6.58 Å². The van der Waals surface area contributed by atoms with E-state index in [1.54, 1.807) is 39.0 Å². The average molecular weight is 612 g/mol. The van der Waals surface area contributed by atoms with Crippen LogP contribution >= 0.6 is 11.6 Å². The number of anilines is 1. The molecule has 0 fully saturated rings. The van der Waals surface area contributed by atoms with Crippen LogP contribution in [0.3, 0.4) is 0 Å². The summed E-state index contributed by atoms with van der Waals surface area (Å²) < 4.78 is 17.2. The Kier molecular flexibility index (Phi) is 10.2. The van der Waals surface area contributed by atoms with Gasteiger partial charge < -0.3 is 24.2 Å². The first kappa shape index (κ1) is 32.9. The summed E-state index contributed by atoms with van der Waals surface area (Å²) in [4.78, 5) is 28.7. The first-order valence-electron chi connectivity index (χ1n) is 15.3. The van der Waals surface area contributed by atoms with Crippen LogP contribution in [0.5, 0.6) is 5.75 Å². The Morgan fingerprint density at radius 1 is 1.19 bits per heavy atom. The van der Waals surface area contributed by atoms with Crippen molar-refractivity contribution in [1.29, 1.82) is 0 Å². The van der Waals surface area contributed by atoms with Gasteiger partial charge in [0, 0.05) is 23.5 Å². The van der Waals surface area contributed by atoms with Crippen molar-refractivity contribution in [1.82, 2.24) is 0 Å². The highest BCUT2D eigenvalue weighted by Gasteiger charge is 2.50. The lowest BCUT2D eigenvalue weighted by atomic mass is 9.70. The van der Waals surface area contributed by atoms with Crippen molar-refractivity contribution in [3.05, 3.63) is 70.8 Å². The second-order valence-corrected chi connectivity index (χ2v) is 13.4. The molecule has 0 saturated carbocycles. The molecule has 0 saturated heterocycles. The van der Waals surface area contributed by atoms with Crippen LogP contribution < -0.4 is 9.64 Å². The number of hydrogen-bond donors (Lipinski definition) is 1. The molecule has 0 unspecified atom stereocenters. The molecule has 0 bridgehead atoms. The van der Waals surface area contributed by atoms with Crippen molar-refractivity contribution in [3.63, 3.8) is 0 Å². The molecule has 1 aliphatic carbocycles. The smallest absolute Gasteiger partial charge is 0.343 e. The zero-order valence-corrected chi connectivity index (χ0v) is 27.0. The highest BCUT2D eigenvalue weighted by atomic mass is 35.5. The van der Waals surface area contributed by atoms with Gasteiger partial charge in [-0.2, -0.15) is 0 Å². The third-order valence-electron chi connectivity index (χ3n) is 8.70. The Labute approximate surface area is 261 Å². The molecule has 1 spiro atoms. The summed E-state index contributed by atoms with van der Waals surface area (Å²) in [5.41, 5.74) is 0.243. The lowest BCUT2D eigenvalue weighted by Gasteiger charge is -2.41. The van der Waals surface area contributed by atoms with Gasteiger partial charge in [-0.3, -0.25) is 4.79 Å². The maximum absolute atomic E-state index is 13.2. The number of esters is 2. The third-order valence-corrected chi connectivity index (χ3v) is 8.93. The minimum Gasteiger partial charge on any atom is -0.490 e. The predicted molar refractivity (Wildman–Crippen MR) is 170 cm³/mol. The second kappa shape index (κ2) is 13.3. The van der Waals surface area contributed by atoms with Crippen LogP contribution in [0.4, 0.5) is 5.69 Å². The molecule has 1 aliphatic heterocycles. The Hall–Kier alpha value is -3.03. The average Bonchev–Trinajstić information content (AvgIpc) is 3.11. The van der Waals surface area contributed by atoms with Gasteiger partial charge in [-0.1, -0.05) is 36.2 Å². The number of allylic oxidation sites excluding steroid dienone is 1. The third kappa shape index (κ3) is 7.04. The lowest BCUT2D eigenvalue weighted by Crippen LogP contribution is -2.48. The molecule has 2 aromatic rings. The number of unbranched alkanes of at least 4 members (excludes halogenated alkanes) is 3. The van der Waals surface area contributed by atoms with E-state index in [4.69, 9.17) is 25.8 Å². The first-order chi connectivity index (χ1) is 20.3. The molecule has 3 atom stereocenters. The molecule has 1 N–H and O–H groups in total. The molecule has 2 aromatic carbocycles. The van der Waals surface area contributed by atoms with Crippen LogP contribution in [0.2, 0.25) is 5.02 Å². The Morgan fingerprint density at radius 2 is 1.95 bits per heavy atom. The van der Waals surface area contributed by atoms with Gasteiger partial charge in [0.2, 0.25) is 5.60 Å². The van der Waals surface area contributed by atoms with Crippen LogP contribution in [-0.2, 0) is 36.5 Å². The number of carbonyl (C=O) groups excluding carboxylic acids is 2. The summed E-state index contributed by atoms with van der Waals surface area (Å²) in [7, 11) is 1.20.